The van der Waals surface area contributed by atoms with Crippen LogP contribution in [0.2, 0.25) is 0 Å². The first-order valence-corrected chi connectivity index (χ1v) is 11.7. The van der Waals surface area contributed by atoms with Gasteiger partial charge < -0.3 is 14.2 Å². The SMILES string of the molecule is C[C@@H]1CCCCC1COC(=O)N1CCN(Cc2cncn2Cc2ccc(C#N)cc2)CC1. The molecule has 0 N–H and O–H groups in total. The van der Waals surface area contributed by atoms with Gasteiger partial charge >= 0.3 is 6.09 Å². The number of nitriles is 1. The molecule has 170 valence electrons. The molecule has 0 spiro atoms. The summed E-state index contributed by atoms with van der Waals surface area (Å²) >= 11 is 0. The third kappa shape index (κ3) is 5.68. The van der Waals surface area contributed by atoms with Crippen LogP contribution in [0.4, 0.5) is 4.79 Å². The van der Waals surface area contributed by atoms with Crippen LogP contribution >= 0.6 is 0 Å². The fourth-order valence-electron chi connectivity index (χ4n) is 4.73. The van der Waals surface area contributed by atoms with Crippen LogP contribution in [-0.4, -0.2) is 58.2 Å². The number of hydrogen-bond donors (Lipinski definition) is 0. The van der Waals surface area contributed by atoms with E-state index in [1.165, 1.54) is 25.7 Å². The molecule has 0 bridgehead atoms. The Morgan fingerprint density at radius 3 is 2.59 bits per heavy atom. The Labute approximate surface area is 190 Å². The number of benzene rings is 1. The lowest BCUT2D eigenvalue weighted by Crippen LogP contribution is -2.48. The Hall–Kier alpha value is -2.85. The highest BCUT2D eigenvalue weighted by Gasteiger charge is 2.26. The van der Waals surface area contributed by atoms with Crippen molar-refractivity contribution in [2.75, 3.05) is 32.8 Å². The van der Waals surface area contributed by atoms with Crippen LogP contribution in [0.5, 0.6) is 0 Å². The average Bonchev–Trinajstić information content (AvgIpc) is 3.25. The Morgan fingerprint density at radius 2 is 1.88 bits per heavy atom. The highest BCUT2D eigenvalue weighted by atomic mass is 16.6. The smallest absolute Gasteiger partial charge is 0.409 e. The van der Waals surface area contributed by atoms with Gasteiger partial charge in [0.2, 0.25) is 0 Å². The van der Waals surface area contributed by atoms with Crippen molar-refractivity contribution < 1.29 is 9.53 Å². The lowest BCUT2D eigenvalue weighted by Gasteiger charge is -2.35. The van der Waals surface area contributed by atoms with Crippen LogP contribution in [0, 0.1) is 23.2 Å². The summed E-state index contributed by atoms with van der Waals surface area (Å²) < 4.78 is 7.81. The number of carbonyl (C=O) groups is 1. The third-order valence-corrected chi connectivity index (χ3v) is 6.96. The molecule has 2 heterocycles. The molecule has 32 heavy (non-hydrogen) atoms. The summed E-state index contributed by atoms with van der Waals surface area (Å²) in [4.78, 5) is 21.1. The maximum atomic E-state index is 12.5. The van der Waals surface area contributed by atoms with E-state index >= 15 is 0 Å². The summed E-state index contributed by atoms with van der Waals surface area (Å²) in [5.41, 5.74) is 2.96. The molecular weight excluding hydrogens is 402 g/mol. The zero-order valence-corrected chi connectivity index (χ0v) is 18.9. The van der Waals surface area contributed by atoms with E-state index in [4.69, 9.17) is 10.00 Å². The van der Waals surface area contributed by atoms with Crippen LogP contribution in [0.3, 0.4) is 0 Å². The van der Waals surface area contributed by atoms with Crippen LogP contribution in [0.1, 0.15) is 49.4 Å². The number of aromatic nitrogens is 2. The third-order valence-electron chi connectivity index (χ3n) is 6.96. The molecule has 0 radical (unpaired) electrons. The minimum Gasteiger partial charge on any atom is -0.449 e. The molecule has 7 nitrogen and oxygen atoms in total. The molecule has 1 saturated heterocycles. The van der Waals surface area contributed by atoms with Crippen molar-refractivity contribution in [3.05, 3.63) is 53.6 Å². The second-order valence-electron chi connectivity index (χ2n) is 9.18. The number of ether oxygens (including phenoxy) is 1. The van der Waals surface area contributed by atoms with E-state index in [9.17, 15) is 4.79 Å². The van der Waals surface area contributed by atoms with E-state index in [2.05, 4.69) is 27.4 Å². The van der Waals surface area contributed by atoms with Gasteiger partial charge in [-0.25, -0.2) is 9.78 Å². The normalized spacial score (nSPS) is 21.8. The second-order valence-corrected chi connectivity index (χ2v) is 9.18. The van der Waals surface area contributed by atoms with Gasteiger partial charge in [0.15, 0.2) is 0 Å². The van der Waals surface area contributed by atoms with Crippen molar-refractivity contribution in [2.45, 2.75) is 45.7 Å². The molecule has 2 aliphatic rings. The second kappa shape index (κ2) is 10.6. The largest absolute Gasteiger partial charge is 0.449 e. The maximum Gasteiger partial charge on any atom is 0.409 e. The number of amides is 1. The van der Waals surface area contributed by atoms with Crippen molar-refractivity contribution in [3.8, 4) is 6.07 Å². The number of nitrogens with zero attached hydrogens (tertiary/aromatic N) is 5. The van der Waals surface area contributed by atoms with Gasteiger partial charge in [0.05, 0.1) is 30.3 Å². The molecule has 2 fully saturated rings. The summed E-state index contributed by atoms with van der Waals surface area (Å²) in [6.07, 6.45) is 8.60. The van der Waals surface area contributed by atoms with Crippen molar-refractivity contribution in [1.29, 1.82) is 5.26 Å². The molecule has 7 heteroatoms. The quantitative estimate of drug-likeness (QED) is 0.688. The molecule has 2 aromatic rings. The lowest BCUT2D eigenvalue weighted by molar-refractivity contribution is 0.0507. The highest BCUT2D eigenvalue weighted by Crippen LogP contribution is 2.29. The van der Waals surface area contributed by atoms with E-state index in [-0.39, 0.29) is 6.09 Å². The Balaban J connectivity index is 1.23. The minimum absolute atomic E-state index is 0.159. The molecule has 1 aromatic heterocycles. The monoisotopic (exact) mass is 435 g/mol. The van der Waals surface area contributed by atoms with Crippen LogP contribution in [0.15, 0.2) is 36.8 Å². The van der Waals surface area contributed by atoms with Gasteiger partial charge in [-0.3, -0.25) is 4.90 Å². The van der Waals surface area contributed by atoms with Crippen LogP contribution < -0.4 is 0 Å². The summed E-state index contributed by atoms with van der Waals surface area (Å²) in [7, 11) is 0. The number of hydrogen-bond acceptors (Lipinski definition) is 5. The zero-order chi connectivity index (χ0) is 22.3. The van der Waals surface area contributed by atoms with Gasteiger partial charge in [-0.15, -0.1) is 0 Å². The minimum atomic E-state index is -0.159. The Kier molecular flexibility index (Phi) is 7.43. The molecule has 1 unspecified atom stereocenters. The molecule has 1 saturated carbocycles. The summed E-state index contributed by atoms with van der Waals surface area (Å²) in [5, 5.41) is 8.96. The van der Waals surface area contributed by atoms with Crippen molar-refractivity contribution in [2.24, 2.45) is 11.8 Å². The van der Waals surface area contributed by atoms with Crippen molar-refractivity contribution in [1.82, 2.24) is 19.4 Å². The fraction of sp³-hybridized carbons (Fsp3) is 0.560. The van der Waals surface area contributed by atoms with E-state index < -0.39 is 0 Å². The van der Waals surface area contributed by atoms with Gasteiger partial charge in [-0.2, -0.15) is 5.26 Å². The van der Waals surface area contributed by atoms with Crippen LogP contribution in [-0.2, 0) is 17.8 Å². The molecule has 4 rings (SSSR count). The summed E-state index contributed by atoms with van der Waals surface area (Å²) in [6.45, 7) is 7.43. The van der Waals surface area contributed by atoms with Gasteiger partial charge in [0.1, 0.15) is 0 Å². The first kappa shape index (κ1) is 22.3. The van der Waals surface area contributed by atoms with Crippen molar-refractivity contribution in [3.63, 3.8) is 0 Å². The molecule has 2 atom stereocenters. The van der Waals surface area contributed by atoms with E-state index in [1.807, 2.05) is 41.7 Å². The predicted molar refractivity (Wildman–Crippen MR) is 122 cm³/mol. The zero-order valence-electron chi connectivity index (χ0n) is 18.9. The highest BCUT2D eigenvalue weighted by molar-refractivity contribution is 5.67. The fourth-order valence-corrected chi connectivity index (χ4v) is 4.73. The number of rotatable bonds is 6. The molecule has 1 aliphatic carbocycles. The van der Waals surface area contributed by atoms with E-state index in [0.29, 0.717) is 37.1 Å². The number of piperazine rings is 1. The lowest BCUT2D eigenvalue weighted by atomic mass is 9.81. The predicted octanol–water partition coefficient (Wildman–Crippen LogP) is 3.88. The Bertz CT molecular complexity index is 925. The van der Waals surface area contributed by atoms with Crippen LogP contribution in [0.25, 0.3) is 0 Å². The van der Waals surface area contributed by atoms with Gasteiger partial charge in [0, 0.05) is 45.5 Å². The molecule has 1 aliphatic heterocycles. The first-order valence-electron chi connectivity index (χ1n) is 11.7. The number of imidazole rings is 1. The van der Waals surface area contributed by atoms with E-state index in [0.717, 1.165) is 37.4 Å². The maximum absolute atomic E-state index is 12.5. The molecule has 1 aromatic carbocycles. The Morgan fingerprint density at radius 1 is 1.12 bits per heavy atom. The van der Waals surface area contributed by atoms with Crippen molar-refractivity contribution >= 4 is 6.09 Å². The first-order chi connectivity index (χ1) is 15.6. The summed E-state index contributed by atoms with van der Waals surface area (Å²) in [6, 6.07) is 9.82. The number of carbonyl (C=O) groups excluding carboxylic acids is 1. The topological polar surface area (TPSA) is 74.4 Å². The van der Waals surface area contributed by atoms with Gasteiger partial charge in [-0.1, -0.05) is 38.3 Å². The average molecular weight is 436 g/mol. The standard InChI is InChI=1S/C25H33N5O2/c1-20-4-2-3-5-23(20)18-32-25(31)29-12-10-28(11-13-29)17-24-15-27-19-30(24)16-22-8-6-21(14-26)7-9-22/h6-9,15,19-20,23H,2-5,10-13,16-18H2,1H3/t20-,23?/m1/s1. The molecule has 1 amide bonds. The molecular formula is C25H33N5O2. The van der Waals surface area contributed by atoms with Gasteiger partial charge in [-0.05, 0) is 36.0 Å². The summed E-state index contributed by atoms with van der Waals surface area (Å²) in [5.74, 6) is 1.17. The van der Waals surface area contributed by atoms with E-state index in [1.54, 1.807) is 0 Å². The van der Waals surface area contributed by atoms with Gasteiger partial charge in [0.25, 0.3) is 0 Å².